The van der Waals surface area contributed by atoms with Gasteiger partial charge in [0.2, 0.25) is 0 Å². The van der Waals surface area contributed by atoms with E-state index in [-0.39, 0.29) is 10.8 Å². The SMILES string of the molecule is CC(C)(C)c1ccc2c(-c3ccc4ccccc4c3)c3cc(C(C)(C)C)ccc3c(-c3cccc(-c4cccc(-c5cccc(-c6ccc7ccccc7c6)c5)c4)c3)c2c1. The fourth-order valence-electron chi connectivity index (χ4n) is 9.11. The lowest BCUT2D eigenvalue weighted by Crippen LogP contribution is -2.11. The highest BCUT2D eigenvalue weighted by Crippen LogP contribution is 2.47. The molecule has 0 bridgehead atoms. The maximum Gasteiger partial charge on any atom is -0.00260 e. The molecule has 10 aromatic rings. The van der Waals surface area contributed by atoms with Crippen molar-refractivity contribution in [2.45, 2.75) is 52.4 Å². The highest BCUT2D eigenvalue weighted by atomic mass is 14.3. The van der Waals surface area contributed by atoms with Crippen LogP contribution in [0.15, 0.2) is 194 Å². The molecular weight excluding hydrogens is 721 g/mol. The lowest BCUT2D eigenvalue weighted by atomic mass is 9.79. The van der Waals surface area contributed by atoms with Crippen molar-refractivity contribution in [1.29, 1.82) is 0 Å². The molecule has 0 fully saturated rings. The first-order valence-corrected chi connectivity index (χ1v) is 21.3. The van der Waals surface area contributed by atoms with Gasteiger partial charge in [-0.2, -0.15) is 0 Å². The van der Waals surface area contributed by atoms with Crippen LogP contribution in [0.4, 0.5) is 0 Å². The molecular formula is C60H50. The Morgan fingerprint density at radius 3 is 1.00 bits per heavy atom. The zero-order valence-corrected chi connectivity index (χ0v) is 35.5. The first-order valence-electron chi connectivity index (χ1n) is 21.3. The van der Waals surface area contributed by atoms with Crippen LogP contribution >= 0.6 is 0 Å². The van der Waals surface area contributed by atoms with E-state index in [1.165, 1.54) is 110 Å². The van der Waals surface area contributed by atoms with Crippen molar-refractivity contribution in [3.05, 3.63) is 205 Å². The van der Waals surface area contributed by atoms with Gasteiger partial charge in [-0.1, -0.05) is 193 Å². The number of hydrogen-bond donors (Lipinski definition) is 0. The van der Waals surface area contributed by atoms with E-state index in [4.69, 9.17) is 0 Å². The van der Waals surface area contributed by atoms with Crippen molar-refractivity contribution < 1.29 is 0 Å². The van der Waals surface area contributed by atoms with Crippen LogP contribution in [0.1, 0.15) is 52.7 Å². The second kappa shape index (κ2) is 14.5. The van der Waals surface area contributed by atoms with E-state index in [0.29, 0.717) is 0 Å². The first kappa shape index (κ1) is 37.5. The summed E-state index contributed by atoms with van der Waals surface area (Å²) in [6.07, 6.45) is 0. The maximum atomic E-state index is 2.47. The minimum atomic E-state index is -0.00644. The van der Waals surface area contributed by atoms with Crippen LogP contribution < -0.4 is 0 Å². The van der Waals surface area contributed by atoms with Crippen LogP contribution in [-0.4, -0.2) is 0 Å². The molecule has 0 aliphatic rings. The third kappa shape index (κ3) is 6.87. The lowest BCUT2D eigenvalue weighted by molar-refractivity contribution is 0.590. The zero-order valence-electron chi connectivity index (χ0n) is 35.5. The van der Waals surface area contributed by atoms with Crippen LogP contribution in [0.25, 0.3) is 98.7 Å². The Bertz CT molecular complexity index is 3270. The normalized spacial score (nSPS) is 12.2. The van der Waals surface area contributed by atoms with Crippen LogP contribution in [0.2, 0.25) is 0 Å². The minimum Gasteiger partial charge on any atom is -0.0616 e. The molecule has 0 atom stereocenters. The van der Waals surface area contributed by atoms with Gasteiger partial charge in [0.05, 0.1) is 0 Å². The van der Waals surface area contributed by atoms with Gasteiger partial charge in [-0.05, 0) is 163 Å². The van der Waals surface area contributed by atoms with Crippen molar-refractivity contribution in [2.24, 2.45) is 0 Å². The topological polar surface area (TPSA) is 0 Å². The first-order chi connectivity index (χ1) is 29.0. The summed E-state index contributed by atoms with van der Waals surface area (Å²) in [5.41, 5.74) is 15.0. The standard InChI is InChI=1S/C60H50/c1-59(2,3)51-29-31-54-55(37-51)57(53-30-28-52(60(4,5)6)38-56(53)58(54)50-27-25-40-15-8-10-17-42(40)35-50)49-23-13-22-47(36-49)45-20-11-18-43(33-45)44-19-12-21-46(34-44)48-26-24-39-14-7-9-16-41(39)32-48/h7-38H,1-6H3. The lowest BCUT2D eigenvalue weighted by Gasteiger charge is -2.25. The molecule has 0 radical (unpaired) electrons. The second-order valence-corrected chi connectivity index (χ2v) is 18.6. The van der Waals surface area contributed by atoms with Crippen LogP contribution in [-0.2, 0) is 10.8 Å². The van der Waals surface area contributed by atoms with E-state index in [2.05, 4.69) is 236 Å². The molecule has 60 heavy (non-hydrogen) atoms. The summed E-state index contributed by atoms with van der Waals surface area (Å²) < 4.78 is 0. The van der Waals surface area contributed by atoms with Crippen molar-refractivity contribution >= 4 is 43.1 Å². The monoisotopic (exact) mass is 770 g/mol. The van der Waals surface area contributed by atoms with Gasteiger partial charge in [0, 0.05) is 0 Å². The molecule has 0 nitrogen and oxygen atoms in total. The highest BCUT2D eigenvalue weighted by Gasteiger charge is 2.23. The van der Waals surface area contributed by atoms with Crippen molar-refractivity contribution in [2.75, 3.05) is 0 Å². The van der Waals surface area contributed by atoms with E-state index in [9.17, 15) is 0 Å². The van der Waals surface area contributed by atoms with E-state index < -0.39 is 0 Å². The van der Waals surface area contributed by atoms with Crippen LogP contribution in [0.5, 0.6) is 0 Å². The maximum absolute atomic E-state index is 2.47. The smallest absolute Gasteiger partial charge is 0.00260 e. The van der Waals surface area contributed by atoms with Gasteiger partial charge in [-0.15, -0.1) is 0 Å². The van der Waals surface area contributed by atoms with Gasteiger partial charge in [0.1, 0.15) is 0 Å². The fourth-order valence-corrected chi connectivity index (χ4v) is 9.11. The Labute approximate surface area is 354 Å². The predicted octanol–water partition coefficient (Wildman–Crippen LogP) is 17.2. The highest BCUT2D eigenvalue weighted by molar-refractivity contribution is 6.22. The van der Waals surface area contributed by atoms with E-state index >= 15 is 0 Å². The summed E-state index contributed by atoms with van der Waals surface area (Å²) in [7, 11) is 0. The summed E-state index contributed by atoms with van der Waals surface area (Å²) in [6, 6.07) is 72.7. The molecule has 0 aliphatic carbocycles. The van der Waals surface area contributed by atoms with Gasteiger partial charge >= 0.3 is 0 Å². The van der Waals surface area contributed by atoms with Crippen molar-refractivity contribution in [3.8, 4) is 55.6 Å². The molecule has 0 saturated carbocycles. The van der Waals surface area contributed by atoms with Crippen LogP contribution in [0.3, 0.4) is 0 Å². The Hall–Kier alpha value is -6.76. The number of benzene rings is 10. The summed E-state index contributed by atoms with van der Waals surface area (Å²) in [4.78, 5) is 0. The van der Waals surface area contributed by atoms with Gasteiger partial charge < -0.3 is 0 Å². The molecule has 0 aliphatic heterocycles. The van der Waals surface area contributed by atoms with E-state index in [1.807, 2.05) is 0 Å². The average Bonchev–Trinajstić information content (AvgIpc) is 3.27. The average molecular weight is 771 g/mol. The van der Waals surface area contributed by atoms with Crippen molar-refractivity contribution in [1.82, 2.24) is 0 Å². The van der Waals surface area contributed by atoms with E-state index in [1.54, 1.807) is 0 Å². The van der Waals surface area contributed by atoms with Gasteiger partial charge in [0.25, 0.3) is 0 Å². The molecule has 0 aromatic heterocycles. The molecule has 0 heterocycles. The number of hydrogen-bond acceptors (Lipinski definition) is 0. The molecule has 0 saturated heterocycles. The Kier molecular flexibility index (Phi) is 9.07. The number of rotatable bonds is 5. The van der Waals surface area contributed by atoms with Gasteiger partial charge in [0.15, 0.2) is 0 Å². The summed E-state index contributed by atoms with van der Waals surface area (Å²) in [6.45, 7) is 13.9. The van der Waals surface area contributed by atoms with Crippen molar-refractivity contribution in [3.63, 3.8) is 0 Å². The molecule has 10 aromatic carbocycles. The zero-order chi connectivity index (χ0) is 41.2. The molecule has 0 amide bonds. The fraction of sp³-hybridized carbons (Fsp3) is 0.133. The molecule has 10 rings (SSSR count). The quantitative estimate of drug-likeness (QED) is 0.153. The number of fused-ring (bicyclic) bond motifs is 4. The second-order valence-electron chi connectivity index (χ2n) is 18.6. The molecule has 0 spiro atoms. The molecule has 290 valence electrons. The largest absolute Gasteiger partial charge is 0.0616 e. The summed E-state index contributed by atoms with van der Waals surface area (Å²) in [5, 5.41) is 10.2. The third-order valence-corrected chi connectivity index (χ3v) is 12.5. The third-order valence-electron chi connectivity index (χ3n) is 12.5. The van der Waals surface area contributed by atoms with Gasteiger partial charge in [-0.3, -0.25) is 0 Å². The Morgan fingerprint density at radius 2 is 0.567 bits per heavy atom. The molecule has 0 unspecified atom stereocenters. The molecule has 0 heteroatoms. The minimum absolute atomic E-state index is 0.0000166. The Morgan fingerprint density at radius 1 is 0.233 bits per heavy atom. The van der Waals surface area contributed by atoms with Crippen LogP contribution in [0, 0.1) is 0 Å². The van der Waals surface area contributed by atoms with E-state index in [0.717, 1.165) is 0 Å². The summed E-state index contributed by atoms with van der Waals surface area (Å²) in [5.74, 6) is 0. The predicted molar refractivity (Wildman–Crippen MR) is 261 cm³/mol. The van der Waals surface area contributed by atoms with Gasteiger partial charge in [-0.25, -0.2) is 0 Å². The summed E-state index contributed by atoms with van der Waals surface area (Å²) >= 11 is 0. The Balaban J connectivity index is 1.15. The molecule has 0 N–H and O–H groups in total.